The lowest BCUT2D eigenvalue weighted by atomic mass is 9.31. The number of hydrogen-bond acceptors (Lipinski definition) is 4. The Morgan fingerprint density at radius 1 is 1.25 bits per heavy atom. The van der Waals surface area contributed by atoms with Gasteiger partial charge in [0.15, 0.2) is 0 Å². The first-order valence-electron chi connectivity index (χ1n) is 6.26. The molecule has 3 aliphatic carbocycles. The van der Waals surface area contributed by atoms with Gasteiger partial charge in [-0.1, -0.05) is 0 Å². The summed E-state index contributed by atoms with van der Waals surface area (Å²) < 4.78 is 1.53. The minimum absolute atomic E-state index is 0.178. The normalized spacial score (nSPS) is 34.3. The number of carbonyl (C=O) groups is 2. The Morgan fingerprint density at radius 2 is 1.90 bits per heavy atom. The van der Waals surface area contributed by atoms with E-state index in [1.807, 2.05) is 0 Å². The van der Waals surface area contributed by atoms with Crippen LogP contribution in [-0.2, 0) is 9.59 Å². The van der Waals surface area contributed by atoms with E-state index in [9.17, 15) is 19.8 Å². The smallest absolute Gasteiger partial charge is 0.311 e. The molecule has 0 amide bonds. The Labute approximate surface area is 112 Å². The van der Waals surface area contributed by atoms with Gasteiger partial charge in [0, 0.05) is 6.20 Å². The summed E-state index contributed by atoms with van der Waals surface area (Å²) in [4.78, 5) is 27.1. The monoisotopic (exact) mass is 273 g/mol. The third-order valence-corrected chi connectivity index (χ3v) is 4.77. The SMILES string of the molecule is O=C(O)C12CC(C(=O)O)(C1)C2n1ncc2ncccc21. The standard InChI is InChI=1S/C13H11N3O4/c17-10(18)12-5-13(6-12,11(19)20)9(12)16-8-2-1-3-14-7(8)4-15-16/h1-4,9H,5-6H2,(H,17,18)(H,19,20). The van der Waals surface area contributed by atoms with Crippen LogP contribution in [0.2, 0.25) is 0 Å². The molecule has 0 spiro atoms. The quantitative estimate of drug-likeness (QED) is 0.861. The van der Waals surface area contributed by atoms with Crippen LogP contribution in [0.15, 0.2) is 24.5 Å². The largest absolute Gasteiger partial charge is 0.481 e. The van der Waals surface area contributed by atoms with E-state index in [-0.39, 0.29) is 12.8 Å². The molecule has 7 heteroatoms. The fourth-order valence-corrected chi connectivity index (χ4v) is 3.82. The minimum Gasteiger partial charge on any atom is -0.481 e. The van der Waals surface area contributed by atoms with E-state index >= 15 is 0 Å². The Balaban J connectivity index is 1.88. The zero-order valence-electron chi connectivity index (χ0n) is 10.4. The van der Waals surface area contributed by atoms with Crippen LogP contribution in [0.5, 0.6) is 0 Å². The molecule has 7 nitrogen and oxygen atoms in total. The van der Waals surface area contributed by atoms with Gasteiger partial charge in [-0.15, -0.1) is 0 Å². The molecule has 0 aliphatic heterocycles. The molecular weight excluding hydrogens is 262 g/mol. The van der Waals surface area contributed by atoms with Gasteiger partial charge in [-0.25, -0.2) is 0 Å². The van der Waals surface area contributed by atoms with Crippen molar-refractivity contribution in [3.63, 3.8) is 0 Å². The summed E-state index contributed by atoms with van der Waals surface area (Å²) in [6.45, 7) is 0. The fraction of sp³-hybridized carbons (Fsp3) is 0.385. The lowest BCUT2D eigenvalue weighted by Crippen LogP contribution is -2.76. The molecule has 2 aromatic rings. The van der Waals surface area contributed by atoms with Gasteiger partial charge in [-0.2, -0.15) is 5.10 Å². The van der Waals surface area contributed by atoms with Gasteiger partial charge in [0.05, 0.1) is 28.6 Å². The second kappa shape index (κ2) is 3.17. The zero-order chi connectivity index (χ0) is 14.1. The summed E-state index contributed by atoms with van der Waals surface area (Å²) in [6, 6.07) is 2.87. The number of rotatable bonds is 3. The molecule has 2 N–H and O–H groups in total. The van der Waals surface area contributed by atoms with Crippen molar-refractivity contribution < 1.29 is 19.8 Å². The molecule has 3 fully saturated rings. The molecule has 20 heavy (non-hydrogen) atoms. The van der Waals surface area contributed by atoms with Gasteiger partial charge in [0.1, 0.15) is 5.52 Å². The topological polar surface area (TPSA) is 105 Å². The number of carboxylic acids is 2. The van der Waals surface area contributed by atoms with Crippen LogP contribution in [0, 0.1) is 10.8 Å². The summed E-state index contributed by atoms with van der Waals surface area (Å²) in [7, 11) is 0. The Morgan fingerprint density at radius 3 is 2.50 bits per heavy atom. The number of aromatic nitrogens is 3. The van der Waals surface area contributed by atoms with Crippen LogP contribution in [0.3, 0.4) is 0 Å². The van der Waals surface area contributed by atoms with Crippen LogP contribution in [-0.4, -0.2) is 36.9 Å². The van der Waals surface area contributed by atoms with Crippen molar-refractivity contribution in [1.29, 1.82) is 0 Å². The van der Waals surface area contributed by atoms with Gasteiger partial charge >= 0.3 is 11.9 Å². The van der Waals surface area contributed by atoms with E-state index in [0.717, 1.165) is 0 Å². The molecule has 0 saturated heterocycles. The highest BCUT2D eigenvalue weighted by atomic mass is 16.4. The highest BCUT2D eigenvalue weighted by Gasteiger charge is 2.84. The lowest BCUT2D eigenvalue weighted by molar-refractivity contribution is -0.264. The minimum atomic E-state index is -0.993. The number of carboxylic acid groups (broad SMARTS) is 2. The summed E-state index contributed by atoms with van der Waals surface area (Å²) in [6.07, 6.45) is 3.52. The molecular formula is C13H11N3O4. The molecule has 3 aliphatic rings. The van der Waals surface area contributed by atoms with E-state index in [4.69, 9.17) is 0 Å². The van der Waals surface area contributed by atoms with Gasteiger partial charge in [-0.3, -0.25) is 19.3 Å². The third-order valence-electron chi connectivity index (χ3n) is 4.77. The maximum atomic E-state index is 11.5. The summed E-state index contributed by atoms with van der Waals surface area (Å²) in [5.74, 6) is -1.89. The molecule has 0 aromatic carbocycles. The van der Waals surface area contributed by atoms with E-state index in [0.29, 0.717) is 11.0 Å². The van der Waals surface area contributed by atoms with Crippen molar-refractivity contribution in [2.45, 2.75) is 18.9 Å². The van der Waals surface area contributed by atoms with Crippen molar-refractivity contribution in [3.8, 4) is 0 Å². The first-order chi connectivity index (χ1) is 9.51. The zero-order valence-corrected chi connectivity index (χ0v) is 10.4. The molecule has 0 atom stereocenters. The van der Waals surface area contributed by atoms with Crippen LogP contribution in [0.25, 0.3) is 11.0 Å². The van der Waals surface area contributed by atoms with Crippen LogP contribution >= 0.6 is 0 Å². The predicted molar refractivity (Wildman–Crippen MR) is 65.9 cm³/mol. The highest BCUT2D eigenvalue weighted by Crippen LogP contribution is 2.79. The van der Waals surface area contributed by atoms with Gasteiger partial charge < -0.3 is 10.2 Å². The molecule has 102 valence electrons. The Bertz CT molecular complexity index is 734. The summed E-state index contributed by atoms with van der Waals surface area (Å²) >= 11 is 0. The van der Waals surface area contributed by atoms with Crippen LogP contribution < -0.4 is 0 Å². The number of aliphatic carboxylic acids is 2. The summed E-state index contributed by atoms with van der Waals surface area (Å²) in [5, 5.41) is 23.0. The van der Waals surface area contributed by atoms with E-state index in [1.54, 1.807) is 18.3 Å². The van der Waals surface area contributed by atoms with Crippen molar-refractivity contribution in [2.75, 3.05) is 0 Å². The summed E-state index contributed by atoms with van der Waals surface area (Å²) in [5.41, 5.74) is -0.673. The second-order valence-corrected chi connectivity index (χ2v) is 5.68. The van der Waals surface area contributed by atoms with E-state index in [1.165, 1.54) is 10.9 Å². The Hall–Kier alpha value is -2.44. The predicted octanol–water partition coefficient (Wildman–Crippen LogP) is 0.922. The van der Waals surface area contributed by atoms with Crippen molar-refractivity contribution in [1.82, 2.24) is 14.8 Å². The van der Waals surface area contributed by atoms with Crippen molar-refractivity contribution in [3.05, 3.63) is 24.5 Å². The van der Waals surface area contributed by atoms with Crippen LogP contribution in [0.4, 0.5) is 0 Å². The van der Waals surface area contributed by atoms with E-state index in [2.05, 4.69) is 10.1 Å². The molecule has 0 unspecified atom stereocenters. The number of pyridine rings is 1. The first-order valence-corrected chi connectivity index (χ1v) is 6.26. The Kier molecular flexibility index (Phi) is 1.81. The fourth-order valence-electron chi connectivity index (χ4n) is 3.82. The maximum absolute atomic E-state index is 11.5. The highest BCUT2D eigenvalue weighted by molar-refractivity contribution is 5.92. The molecule has 5 rings (SSSR count). The van der Waals surface area contributed by atoms with Crippen LogP contribution in [0.1, 0.15) is 18.9 Å². The second-order valence-electron chi connectivity index (χ2n) is 5.68. The van der Waals surface area contributed by atoms with Crippen molar-refractivity contribution >= 4 is 23.0 Å². The van der Waals surface area contributed by atoms with Gasteiger partial charge in [-0.05, 0) is 25.0 Å². The molecule has 2 heterocycles. The molecule has 3 saturated carbocycles. The maximum Gasteiger partial charge on any atom is 0.311 e. The number of fused-ring (bicyclic) bond motifs is 1. The molecule has 2 bridgehead atoms. The van der Waals surface area contributed by atoms with Gasteiger partial charge in [0.25, 0.3) is 0 Å². The lowest BCUT2D eigenvalue weighted by Gasteiger charge is -2.70. The third kappa shape index (κ3) is 0.996. The molecule has 2 aromatic heterocycles. The number of nitrogens with zero attached hydrogens (tertiary/aromatic N) is 3. The van der Waals surface area contributed by atoms with Gasteiger partial charge in [0.2, 0.25) is 0 Å². The molecule has 0 radical (unpaired) electrons. The van der Waals surface area contributed by atoms with E-state index < -0.39 is 28.8 Å². The number of hydrogen-bond donors (Lipinski definition) is 2. The van der Waals surface area contributed by atoms with Crippen molar-refractivity contribution in [2.24, 2.45) is 10.8 Å². The average molecular weight is 273 g/mol. The average Bonchev–Trinajstić information content (AvgIpc) is 2.69. The first kappa shape index (κ1) is 11.4.